The van der Waals surface area contributed by atoms with Gasteiger partial charge in [-0.1, -0.05) is 56.3 Å². The Balaban J connectivity index is 1.35. The van der Waals surface area contributed by atoms with Gasteiger partial charge >= 0.3 is 0 Å². The molecule has 4 rings (SSSR count). The second kappa shape index (κ2) is 10.3. The summed E-state index contributed by atoms with van der Waals surface area (Å²) in [5.74, 6) is 0.307. The van der Waals surface area contributed by atoms with Gasteiger partial charge in [0.05, 0.1) is 10.7 Å². The average Bonchev–Trinajstić information content (AvgIpc) is 3.21. The summed E-state index contributed by atoms with van der Waals surface area (Å²) < 4.78 is 0. The van der Waals surface area contributed by atoms with Gasteiger partial charge in [-0.3, -0.25) is 9.69 Å². The minimum Gasteiger partial charge on any atom is -0.369 e. The van der Waals surface area contributed by atoms with Gasteiger partial charge in [0.25, 0.3) is 5.91 Å². The summed E-state index contributed by atoms with van der Waals surface area (Å²) in [4.78, 5) is 23.0. The fourth-order valence-electron chi connectivity index (χ4n) is 4.06. The molecule has 3 aromatic rings. The van der Waals surface area contributed by atoms with Gasteiger partial charge < -0.3 is 10.2 Å². The van der Waals surface area contributed by atoms with Crippen molar-refractivity contribution in [2.75, 3.05) is 31.1 Å². The van der Waals surface area contributed by atoms with E-state index in [0.29, 0.717) is 12.5 Å². The number of hydrogen-bond donors (Lipinski definition) is 1. The van der Waals surface area contributed by atoms with Crippen LogP contribution in [-0.4, -0.2) is 42.0 Å². The Labute approximate surface area is 195 Å². The number of piperazine rings is 1. The fourth-order valence-corrected chi connectivity index (χ4v) is 5.04. The standard InChI is InChI=1S/C26H32N4OS/c1-19(2)26-28-20(3)24(32-26)25(31)27-17-21-9-7-8-10-22(21)18-29-13-15-30(16-14-29)23-11-5-4-6-12-23/h4-12,19H,13-18H2,1-3H3,(H,27,31). The number of hydrogen-bond acceptors (Lipinski definition) is 5. The lowest BCUT2D eigenvalue weighted by molar-refractivity contribution is 0.0954. The van der Waals surface area contributed by atoms with E-state index in [1.165, 1.54) is 28.2 Å². The topological polar surface area (TPSA) is 48.5 Å². The summed E-state index contributed by atoms with van der Waals surface area (Å²) in [5.41, 5.74) is 4.58. The Morgan fingerprint density at radius 3 is 2.31 bits per heavy atom. The zero-order valence-corrected chi connectivity index (χ0v) is 20.0. The minimum atomic E-state index is -0.0295. The number of nitrogens with zero attached hydrogens (tertiary/aromatic N) is 3. The molecule has 2 heterocycles. The third kappa shape index (κ3) is 5.37. The molecule has 2 aromatic carbocycles. The van der Waals surface area contributed by atoms with Crippen molar-refractivity contribution in [2.24, 2.45) is 0 Å². The summed E-state index contributed by atoms with van der Waals surface area (Å²) in [6.45, 7) is 11.7. The van der Waals surface area contributed by atoms with Crippen LogP contribution in [0, 0.1) is 6.92 Å². The van der Waals surface area contributed by atoms with Gasteiger partial charge in [0.2, 0.25) is 0 Å². The van der Waals surface area contributed by atoms with Crippen molar-refractivity contribution in [1.82, 2.24) is 15.2 Å². The number of amides is 1. The monoisotopic (exact) mass is 448 g/mol. The first-order chi connectivity index (χ1) is 15.5. The molecule has 0 atom stereocenters. The van der Waals surface area contributed by atoms with E-state index in [4.69, 9.17) is 0 Å². The van der Waals surface area contributed by atoms with Crippen LogP contribution in [0.5, 0.6) is 0 Å². The fraction of sp³-hybridized carbons (Fsp3) is 0.385. The van der Waals surface area contributed by atoms with Crippen molar-refractivity contribution in [3.63, 3.8) is 0 Å². The summed E-state index contributed by atoms with van der Waals surface area (Å²) in [6, 6.07) is 19.1. The predicted molar refractivity (Wildman–Crippen MR) is 132 cm³/mol. The molecule has 1 aromatic heterocycles. The summed E-state index contributed by atoms with van der Waals surface area (Å²) >= 11 is 1.51. The maximum Gasteiger partial charge on any atom is 0.263 e. The number of para-hydroxylation sites is 1. The molecule has 0 bridgehead atoms. The maximum atomic E-state index is 12.8. The second-order valence-electron chi connectivity index (χ2n) is 8.67. The quantitative estimate of drug-likeness (QED) is 0.563. The molecule has 1 saturated heterocycles. The molecular formula is C26H32N4OS. The summed E-state index contributed by atoms with van der Waals surface area (Å²) in [5, 5.41) is 4.14. The molecule has 6 heteroatoms. The predicted octanol–water partition coefficient (Wildman–Crippen LogP) is 4.83. The third-order valence-corrected chi connectivity index (χ3v) is 7.42. The first-order valence-electron chi connectivity index (χ1n) is 11.4. The van der Waals surface area contributed by atoms with Gasteiger partial charge in [0.1, 0.15) is 4.88 Å². The molecule has 32 heavy (non-hydrogen) atoms. The average molecular weight is 449 g/mol. The second-order valence-corrected chi connectivity index (χ2v) is 9.70. The third-order valence-electron chi connectivity index (χ3n) is 5.96. The van der Waals surface area contributed by atoms with E-state index in [9.17, 15) is 4.79 Å². The zero-order valence-electron chi connectivity index (χ0n) is 19.2. The molecule has 0 spiro atoms. The molecule has 1 amide bonds. The highest BCUT2D eigenvalue weighted by atomic mass is 32.1. The van der Waals surface area contributed by atoms with Gasteiger partial charge in [-0.25, -0.2) is 4.98 Å². The van der Waals surface area contributed by atoms with Crippen LogP contribution >= 0.6 is 11.3 Å². The molecule has 0 radical (unpaired) electrons. The van der Waals surface area contributed by atoms with Gasteiger partial charge in [0.15, 0.2) is 0 Å². The van der Waals surface area contributed by atoms with E-state index in [1.807, 2.05) is 13.0 Å². The number of carbonyl (C=O) groups excluding carboxylic acids is 1. The molecule has 5 nitrogen and oxygen atoms in total. The molecule has 1 aliphatic heterocycles. The number of carbonyl (C=O) groups is 1. The summed E-state index contributed by atoms with van der Waals surface area (Å²) in [6.07, 6.45) is 0. The lowest BCUT2D eigenvalue weighted by Gasteiger charge is -2.36. The van der Waals surface area contributed by atoms with Crippen molar-refractivity contribution in [3.8, 4) is 0 Å². The first-order valence-corrected chi connectivity index (χ1v) is 12.2. The van der Waals surface area contributed by atoms with Crippen molar-refractivity contribution >= 4 is 22.9 Å². The summed E-state index contributed by atoms with van der Waals surface area (Å²) in [7, 11) is 0. The highest BCUT2D eigenvalue weighted by Crippen LogP contribution is 2.24. The van der Waals surface area contributed by atoms with Crippen LogP contribution < -0.4 is 10.2 Å². The minimum absolute atomic E-state index is 0.0295. The Morgan fingerprint density at radius 2 is 1.66 bits per heavy atom. The largest absolute Gasteiger partial charge is 0.369 e. The van der Waals surface area contributed by atoms with E-state index in [1.54, 1.807) is 0 Å². The zero-order chi connectivity index (χ0) is 22.5. The van der Waals surface area contributed by atoms with E-state index in [2.05, 4.69) is 82.5 Å². The molecule has 1 aliphatic rings. The van der Waals surface area contributed by atoms with Crippen LogP contribution in [0.2, 0.25) is 0 Å². The molecule has 168 valence electrons. The van der Waals surface area contributed by atoms with Crippen molar-refractivity contribution < 1.29 is 4.79 Å². The van der Waals surface area contributed by atoms with E-state index < -0.39 is 0 Å². The van der Waals surface area contributed by atoms with Crippen LogP contribution in [0.1, 0.15) is 51.3 Å². The van der Waals surface area contributed by atoms with Crippen molar-refractivity contribution in [2.45, 2.75) is 39.8 Å². The van der Waals surface area contributed by atoms with Crippen molar-refractivity contribution in [3.05, 3.63) is 81.3 Å². The Morgan fingerprint density at radius 1 is 1.00 bits per heavy atom. The van der Waals surface area contributed by atoms with Crippen LogP contribution in [0.25, 0.3) is 0 Å². The number of thiazole rings is 1. The molecular weight excluding hydrogens is 416 g/mol. The van der Waals surface area contributed by atoms with E-state index in [-0.39, 0.29) is 5.91 Å². The smallest absolute Gasteiger partial charge is 0.263 e. The number of rotatable bonds is 7. The molecule has 1 N–H and O–H groups in total. The Kier molecular flexibility index (Phi) is 7.22. The highest BCUT2D eigenvalue weighted by Gasteiger charge is 2.19. The van der Waals surface area contributed by atoms with Crippen molar-refractivity contribution in [1.29, 1.82) is 0 Å². The SMILES string of the molecule is Cc1nc(C(C)C)sc1C(=O)NCc1ccccc1CN1CCN(c2ccccc2)CC1. The maximum absolute atomic E-state index is 12.8. The molecule has 1 fully saturated rings. The number of nitrogens with one attached hydrogen (secondary N) is 1. The number of benzene rings is 2. The van der Waals surface area contributed by atoms with Gasteiger partial charge in [-0.2, -0.15) is 0 Å². The number of aryl methyl sites for hydroxylation is 1. The van der Waals surface area contributed by atoms with Crippen LogP contribution in [0.4, 0.5) is 5.69 Å². The Hall–Kier alpha value is -2.70. The molecule has 0 saturated carbocycles. The normalized spacial score (nSPS) is 14.7. The van der Waals surface area contributed by atoms with Gasteiger partial charge in [-0.15, -0.1) is 11.3 Å². The first kappa shape index (κ1) is 22.5. The van der Waals surface area contributed by atoms with E-state index in [0.717, 1.165) is 48.3 Å². The lowest BCUT2D eigenvalue weighted by Crippen LogP contribution is -2.46. The lowest BCUT2D eigenvalue weighted by atomic mass is 10.1. The molecule has 0 unspecified atom stereocenters. The van der Waals surface area contributed by atoms with Crippen LogP contribution in [0.15, 0.2) is 54.6 Å². The Bertz CT molecular complexity index is 1040. The van der Waals surface area contributed by atoms with E-state index >= 15 is 0 Å². The molecule has 0 aliphatic carbocycles. The number of aromatic nitrogens is 1. The van der Waals surface area contributed by atoms with Crippen LogP contribution in [-0.2, 0) is 13.1 Å². The highest BCUT2D eigenvalue weighted by molar-refractivity contribution is 7.13. The number of anilines is 1. The van der Waals surface area contributed by atoms with Crippen LogP contribution in [0.3, 0.4) is 0 Å². The van der Waals surface area contributed by atoms with Gasteiger partial charge in [0, 0.05) is 50.9 Å². The van der Waals surface area contributed by atoms with Gasteiger partial charge in [-0.05, 0) is 30.2 Å².